The third-order valence-corrected chi connectivity index (χ3v) is 4.11. The molecular formula is C12H12N3O3S2-. The first-order valence-corrected chi connectivity index (χ1v) is 7.77. The molecule has 0 aromatic carbocycles. The van der Waals surface area contributed by atoms with Gasteiger partial charge in [-0.15, -0.1) is 0 Å². The van der Waals surface area contributed by atoms with E-state index in [-0.39, 0.29) is 11.7 Å². The van der Waals surface area contributed by atoms with Crippen molar-refractivity contribution in [2.45, 2.75) is 19.6 Å². The fraction of sp³-hybridized carbons (Fsp3) is 0.250. The van der Waals surface area contributed by atoms with Gasteiger partial charge in [-0.05, 0) is 18.6 Å². The van der Waals surface area contributed by atoms with Crippen molar-refractivity contribution in [3.8, 4) is 10.4 Å². The maximum absolute atomic E-state index is 11.0. The minimum atomic E-state index is -2.15. The molecule has 2 aromatic heterocycles. The molecule has 6 nitrogen and oxygen atoms in total. The van der Waals surface area contributed by atoms with Gasteiger partial charge in [0, 0.05) is 30.6 Å². The largest absolute Gasteiger partial charge is 0.772 e. The molecule has 20 heavy (non-hydrogen) atoms. The molecule has 0 spiro atoms. The van der Waals surface area contributed by atoms with Crippen LogP contribution >= 0.6 is 11.3 Å². The lowest BCUT2D eigenvalue weighted by atomic mass is 10.2. The first-order chi connectivity index (χ1) is 9.45. The van der Waals surface area contributed by atoms with Gasteiger partial charge in [-0.25, -0.2) is 4.98 Å². The lowest BCUT2D eigenvalue weighted by Gasteiger charge is -2.06. The van der Waals surface area contributed by atoms with Crippen molar-refractivity contribution >= 4 is 33.5 Å². The standard InChI is InChI=1S/C12H13N3O3S2/c1-7-11(19-12(14-7)15-8(2)16)10-3-9(4-13-5-10)6-20(17)18/h3-5H,6H2,1-2H3,(H,17,18)(H,14,15,16)/p-1. The van der Waals surface area contributed by atoms with E-state index in [1.165, 1.54) is 24.5 Å². The normalized spacial score (nSPS) is 12.2. The van der Waals surface area contributed by atoms with Crippen molar-refractivity contribution in [1.82, 2.24) is 9.97 Å². The molecule has 0 fully saturated rings. The molecule has 106 valence electrons. The molecule has 0 saturated heterocycles. The number of aromatic nitrogens is 2. The van der Waals surface area contributed by atoms with Crippen LogP contribution in [0.4, 0.5) is 5.13 Å². The highest BCUT2D eigenvalue weighted by atomic mass is 32.2. The summed E-state index contributed by atoms with van der Waals surface area (Å²) in [6.07, 6.45) is 3.17. The number of hydrogen-bond acceptors (Lipinski definition) is 6. The Morgan fingerprint density at radius 2 is 2.25 bits per heavy atom. The van der Waals surface area contributed by atoms with Gasteiger partial charge in [0.25, 0.3) is 0 Å². The van der Waals surface area contributed by atoms with Crippen LogP contribution in [-0.2, 0) is 21.6 Å². The number of rotatable bonds is 4. The summed E-state index contributed by atoms with van der Waals surface area (Å²) < 4.78 is 21.4. The molecule has 0 radical (unpaired) electrons. The molecule has 1 amide bonds. The van der Waals surface area contributed by atoms with Crippen LogP contribution in [0.2, 0.25) is 0 Å². The second-order valence-electron chi connectivity index (χ2n) is 4.14. The monoisotopic (exact) mass is 310 g/mol. The van der Waals surface area contributed by atoms with Crippen molar-refractivity contribution in [1.29, 1.82) is 0 Å². The molecule has 8 heteroatoms. The van der Waals surface area contributed by atoms with Gasteiger partial charge >= 0.3 is 0 Å². The van der Waals surface area contributed by atoms with Crippen molar-refractivity contribution < 1.29 is 13.6 Å². The van der Waals surface area contributed by atoms with Gasteiger partial charge in [-0.1, -0.05) is 22.4 Å². The van der Waals surface area contributed by atoms with E-state index in [4.69, 9.17) is 0 Å². The minimum absolute atomic E-state index is 0.0722. The zero-order valence-electron chi connectivity index (χ0n) is 10.9. The quantitative estimate of drug-likeness (QED) is 0.870. The average molecular weight is 310 g/mol. The first kappa shape index (κ1) is 14.8. The minimum Gasteiger partial charge on any atom is -0.772 e. The number of pyridine rings is 1. The highest BCUT2D eigenvalue weighted by molar-refractivity contribution is 7.78. The second-order valence-corrected chi connectivity index (χ2v) is 6.04. The molecule has 0 aliphatic rings. The van der Waals surface area contributed by atoms with Gasteiger partial charge < -0.3 is 9.87 Å². The topological polar surface area (TPSA) is 95.0 Å². The van der Waals surface area contributed by atoms with Crippen LogP contribution in [0.15, 0.2) is 18.5 Å². The molecule has 2 aromatic rings. The van der Waals surface area contributed by atoms with Crippen LogP contribution < -0.4 is 5.32 Å². The van der Waals surface area contributed by atoms with Crippen LogP contribution in [0.25, 0.3) is 10.4 Å². The van der Waals surface area contributed by atoms with Crippen LogP contribution in [0.5, 0.6) is 0 Å². The molecule has 1 atom stereocenters. The second kappa shape index (κ2) is 6.21. The molecule has 0 saturated carbocycles. The van der Waals surface area contributed by atoms with E-state index >= 15 is 0 Å². The summed E-state index contributed by atoms with van der Waals surface area (Å²) in [6, 6.07) is 1.76. The zero-order valence-corrected chi connectivity index (χ0v) is 12.5. The Morgan fingerprint density at radius 1 is 1.50 bits per heavy atom. The molecule has 0 aliphatic carbocycles. The third-order valence-electron chi connectivity index (χ3n) is 2.42. The summed E-state index contributed by atoms with van der Waals surface area (Å²) in [5.74, 6) is -0.254. The maximum atomic E-state index is 11.0. The van der Waals surface area contributed by atoms with E-state index in [0.717, 1.165) is 16.1 Å². The SMILES string of the molecule is CC(=O)Nc1nc(C)c(-c2cncc(CS(=O)[O-])c2)s1. The summed E-state index contributed by atoms with van der Waals surface area (Å²) in [5, 5.41) is 3.15. The van der Waals surface area contributed by atoms with E-state index in [1.54, 1.807) is 12.3 Å². The smallest absolute Gasteiger partial charge is 0.223 e. The van der Waals surface area contributed by atoms with Crippen LogP contribution in [-0.4, -0.2) is 24.6 Å². The Bertz CT molecular complexity index is 670. The number of carbonyl (C=O) groups excluding carboxylic acids is 1. The average Bonchev–Trinajstić information content (AvgIpc) is 2.68. The van der Waals surface area contributed by atoms with Crippen LogP contribution in [0.1, 0.15) is 18.2 Å². The Morgan fingerprint density at radius 3 is 2.90 bits per heavy atom. The summed E-state index contributed by atoms with van der Waals surface area (Å²) in [4.78, 5) is 20.2. The van der Waals surface area contributed by atoms with Gasteiger partial charge in [0.1, 0.15) is 0 Å². The molecule has 2 rings (SSSR count). The summed E-state index contributed by atoms with van der Waals surface area (Å²) in [6.45, 7) is 3.25. The van der Waals surface area contributed by atoms with Crippen molar-refractivity contribution in [3.05, 3.63) is 29.7 Å². The highest BCUT2D eigenvalue weighted by Crippen LogP contribution is 2.32. The Kier molecular flexibility index (Phi) is 4.58. The van der Waals surface area contributed by atoms with Gasteiger partial charge in [0.05, 0.1) is 10.6 Å². The summed E-state index contributed by atoms with van der Waals surface area (Å²) in [5.41, 5.74) is 2.17. The van der Waals surface area contributed by atoms with Gasteiger partial charge in [0.2, 0.25) is 5.91 Å². The lowest BCUT2D eigenvalue weighted by molar-refractivity contribution is -0.114. The molecule has 0 bridgehead atoms. The van der Waals surface area contributed by atoms with Crippen molar-refractivity contribution in [2.75, 3.05) is 5.32 Å². The van der Waals surface area contributed by atoms with Crippen LogP contribution in [0, 0.1) is 6.92 Å². The molecule has 2 heterocycles. The fourth-order valence-corrected chi connectivity index (χ4v) is 3.12. The summed E-state index contributed by atoms with van der Waals surface area (Å²) >= 11 is -0.817. The van der Waals surface area contributed by atoms with Gasteiger partial charge in [-0.3, -0.25) is 14.0 Å². The Labute approximate surface area is 122 Å². The number of anilines is 1. The zero-order chi connectivity index (χ0) is 14.7. The van der Waals surface area contributed by atoms with E-state index in [2.05, 4.69) is 15.3 Å². The van der Waals surface area contributed by atoms with Crippen molar-refractivity contribution in [2.24, 2.45) is 0 Å². The number of nitrogens with zero attached hydrogens (tertiary/aromatic N) is 2. The Hall–Kier alpha value is -1.64. The number of amides is 1. The number of carbonyl (C=O) groups is 1. The third kappa shape index (κ3) is 3.69. The summed E-state index contributed by atoms with van der Waals surface area (Å²) in [7, 11) is 0. The lowest BCUT2D eigenvalue weighted by Crippen LogP contribution is -2.04. The Balaban J connectivity index is 2.33. The van der Waals surface area contributed by atoms with Crippen molar-refractivity contribution in [3.63, 3.8) is 0 Å². The number of nitrogens with one attached hydrogen (secondary N) is 1. The molecular weight excluding hydrogens is 298 g/mol. The van der Waals surface area contributed by atoms with E-state index in [1.807, 2.05) is 6.92 Å². The molecule has 1 unspecified atom stereocenters. The predicted octanol–water partition coefficient (Wildman–Crippen LogP) is 1.85. The maximum Gasteiger partial charge on any atom is 0.223 e. The predicted molar refractivity (Wildman–Crippen MR) is 77.0 cm³/mol. The first-order valence-electron chi connectivity index (χ1n) is 5.71. The van der Waals surface area contributed by atoms with Gasteiger partial charge in [-0.2, -0.15) is 0 Å². The van der Waals surface area contributed by atoms with Crippen LogP contribution in [0.3, 0.4) is 0 Å². The van der Waals surface area contributed by atoms with E-state index in [0.29, 0.717) is 10.7 Å². The number of hydrogen-bond donors (Lipinski definition) is 1. The number of aryl methyl sites for hydroxylation is 1. The van der Waals surface area contributed by atoms with E-state index < -0.39 is 11.1 Å². The van der Waals surface area contributed by atoms with E-state index in [9.17, 15) is 13.6 Å². The molecule has 1 N–H and O–H groups in total. The fourth-order valence-electron chi connectivity index (χ4n) is 1.70. The number of thiazole rings is 1. The van der Waals surface area contributed by atoms with Gasteiger partial charge in [0.15, 0.2) is 5.13 Å². The highest BCUT2D eigenvalue weighted by Gasteiger charge is 2.11. The molecule has 0 aliphatic heterocycles.